The molecule has 8 heteroatoms. The molecule has 114 valence electrons. The Balaban J connectivity index is 2.29. The van der Waals surface area contributed by atoms with Crippen molar-refractivity contribution in [2.75, 3.05) is 0 Å². The summed E-state index contributed by atoms with van der Waals surface area (Å²) in [7, 11) is -3.72. The van der Waals surface area contributed by atoms with Crippen molar-refractivity contribution in [3.63, 3.8) is 0 Å². The van der Waals surface area contributed by atoms with Gasteiger partial charge in [-0.2, -0.15) is 0 Å². The highest BCUT2D eigenvalue weighted by atomic mass is 35.5. The average molecular weight is 330 g/mol. The zero-order chi connectivity index (χ0) is 15.6. The molecule has 0 amide bonds. The molecule has 6 nitrogen and oxygen atoms in total. The minimum Gasteiger partial charge on any atom is -0.445 e. The summed E-state index contributed by atoms with van der Waals surface area (Å²) in [5.74, 6) is 0.920. The molecule has 0 fully saturated rings. The zero-order valence-electron chi connectivity index (χ0n) is 11.7. The van der Waals surface area contributed by atoms with Gasteiger partial charge in [-0.1, -0.05) is 11.6 Å². The van der Waals surface area contributed by atoms with Crippen molar-refractivity contribution < 1.29 is 12.8 Å². The zero-order valence-corrected chi connectivity index (χ0v) is 13.3. The van der Waals surface area contributed by atoms with Gasteiger partial charge in [-0.15, -0.1) is 0 Å². The van der Waals surface area contributed by atoms with Crippen LogP contribution in [-0.4, -0.2) is 13.4 Å². The van der Waals surface area contributed by atoms with E-state index in [-0.39, 0.29) is 18.0 Å². The van der Waals surface area contributed by atoms with Crippen LogP contribution < -0.4 is 10.5 Å². The number of hydrogen-bond acceptors (Lipinski definition) is 5. The maximum Gasteiger partial charge on any atom is 0.241 e. The van der Waals surface area contributed by atoms with Gasteiger partial charge in [0.2, 0.25) is 15.9 Å². The van der Waals surface area contributed by atoms with Crippen LogP contribution in [0.5, 0.6) is 0 Å². The molecule has 0 bridgehead atoms. The summed E-state index contributed by atoms with van der Waals surface area (Å²) >= 11 is 5.95. The predicted octanol–water partition coefficient (Wildman–Crippen LogP) is 1.88. The van der Waals surface area contributed by atoms with Crippen molar-refractivity contribution in [1.82, 2.24) is 9.71 Å². The van der Waals surface area contributed by atoms with Gasteiger partial charge < -0.3 is 10.2 Å². The molecule has 0 aliphatic rings. The van der Waals surface area contributed by atoms with Crippen molar-refractivity contribution >= 4 is 21.6 Å². The molecule has 1 heterocycles. The Labute approximate surface area is 128 Å². The number of sulfonamides is 1. The Morgan fingerprint density at radius 2 is 2.10 bits per heavy atom. The molecule has 0 radical (unpaired) electrons. The summed E-state index contributed by atoms with van der Waals surface area (Å²) in [5, 5.41) is 0.327. The number of rotatable bonds is 5. The summed E-state index contributed by atoms with van der Waals surface area (Å²) in [6.07, 6.45) is 1.53. The maximum atomic E-state index is 12.4. The third-order valence-electron chi connectivity index (χ3n) is 3.02. The number of hydrogen-bond donors (Lipinski definition) is 2. The molecule has 1 aromatic carbocycles. The smallest absolute Gasteiger partial charge is 0.241 e. The molecule has 0 saturated heterocycles. The molecule has 21 heavy (non-hydrogen) atoms. The Morgan fingerprint density at radius 3 is 2.67 bits per heavy atom. The van der Waals surface area contributed by atoms with Gasteiger partial charge in [0.15, 0.2) is 0 Å². The second-order valence-corrected chi connectivity index (χ2v) is 6.75. The van der Waals surface area contributed by atoms with Crippen molar-refractivity contribution in [2.45, 2.75) is 31.8 Å². The predicted molar refractivity (Wildman–Crippen MR) is 79.3 cm³/mol. The first-order chi connectivity index (χ1) is 9.83. The highest BCUT2D eigenvalue weighted by molar-refractivity contribution is 7.89. The molecule has 2 rings (SSSR count). The minimum absolute atomic E-state index is 0.0277. The first kappa shape index (κ1) is 16.0. The van der Waals surface area contributed by atoms with E-state index in [0.29, 0.717) is 27.8 Å². The van der Waals surface area contributed by atoms with Crippen LogP contribution in [0, 0.1) is 13.8 Å². The molecule has 0 unspecified atom stereocenters. The van der Waals surface area contributed by atoms with Crippen LogP contribution in [0.25, 0.3) is 0 Å². The SMILES string of the molecule is Cc1cnc(CNS(=O)(=O)c2cc(Cl)cc(CN)c2C)o1. The molecule has 0 spiro atoms. The molecular weight excluding hydrogens is 314 g/mol. The highest BCUT2D eigenvalue weighted by Gasteiger charge is 2.20. The van der Waals surface area contributed by atoms with E-state index in [4.69, 9.17) is 21.8 Å². The molecule has 0 aliphatic heterocycles. The first-order valence-electron chi connectivity index (χ1n) is 6.23. The molecule has 0 aliphatic carbocycles. The Morgan fingerprint density at radius 1 is 1.38 bits per heavy atom. The van der Waals surface area contributed by atoms with E-state index in [1.165, 1.54) is 12.3 Å². The lowest BCUT2D eigenvalue weighted by atomic mass is 10.1. The second-order valence-electron chi connectivity index (χ2n) is 4.58. The van der Waals surface area contributed by atoms with E-state index in [9.17, 15) is 8.42 Å². The van der Waals surface area contributed by atoms with Crippen molar-refractivity contribution in [2.24, 2.45) is 5.73 Å². The van der Waals surface area contributed by atoms with Gasteiger partial charge in [0.25, 0.3) is 0 Å². The molecule has 0 atom stereocenters. The number of benzene rings is 1. The number of nitrogens with two attached hydrogens (primary N) is 1. The molecule has 1 aromatic heterocycles. The Kier molecular flexibility index (Phi) is 4.67. The van der Waals surface area contributed by atoms with Crippen LogP contribution >= 0.6 is 11.6 Å². The summed E-state index contributed by atoms with van der Waals surface area (Å²) in [6.45, 7) is 3.62. The van der Waals surface area contributed by atoms with Gasteiger partial charge in [0.1, 0.15) is 5.76 Å². The van der Waals surface area contributed by atoms with Crippen LogP contribution in [0.4, 0.5) is 0 Å². The molecular formula is C13H16ClN3O3S. The van der Waals surface area contributed by atoms with Crippen LogP contribution in [-0.2, 0) is 23.1 Å². The molecule has 2 aromatic rings. The van der Waals surface area contributed by atoms with Crippen molar-refractivity contribution in [3.05, 3.63) is 46.1 Å². The standard InChI is InChI=1S/C13H16ClN3O3S/c1-8-6-16-13(20-8)7-17-21(18,19)12-4-11(14)3-10(5-15)9(12)2/h3-4,6,17H,5,7,15H2,1-2H3. The monoisotopic (exact) mass is 329 g/mol. The molecule has 0 saturated carbocycles. The van der Waals surface area contributed by atoms with Gasteiger partial charge >= 0.3 is 0 Å². The number of aromatic nitrogens is 1. The number of aryl methyl sites for hydroxylation is 1. The van der Waals surface area contributed by atoms with Crippen molar-refractivity contribution in [3.8, 4) is 0 Å². The largest absolute Gasteiger partial charge is 0.445 e. The normalized spacial score (nSPS) is 11.8. The fourth-order valence-corrected chi connectivity index (χ4v) is 3.51. The minimum atomic E-state index is -3.72. The highest BCUT2D eigenvalue weighted by Crippen LogP contribution is 2.24. The quantitative estimate of drug-likeness (QED) is 0.872. The van der Waals surface area contributed by atoms with Gasteiger partial charge in [-0.25, -0.2) is 18.1 Å². The van der Waals surface area contributed by atoms with E-state index in [0.717, 1.165) is 0 Å². The lowest BCUT2D eigenvalue weighted by molar-refractivity contribution is 0.463. The van der Waals surface area contributed by atoms with Crippen LogP contribution in [0.15, 0.2) is 27.6 Å². The fourth-order valence-electron chi connectivity index (χ4n) is 1.92. The van der Waals surface area contributed by atoms with Gasteiger partial charge in [0.05, 0.1) is 17.6 Å². The lowest BCUT2D eigenvalue weighted by Gasteiger charge is -2.12. The summed E-state index contributed by atoms with van der Waals surface area (Å²) in [5.41, 5.74) is 6.87. The fraction of sp³-hybridized carbons (Fsp3) is 0.308. The van der Waals surface area contributed by atoms with E-state index in [1.807, 2.05) is 0 Å². The van der Waals surface area contributed by atoms with Crippen LogP contribution in [0.3, 0.4) is 0 Å². The third kappa shape index (κ3) is 3.62. The second kappa shape index (κ2) is 6.15. The van der Waals surface area contributed by atoms with E-state index in [2.05, 4.69) is 9.71 Å². The number of nitrogens with zero attached hydrogens (tertiary/aromatic N) is 1. The van der Waals surface area contributed by atoms with Crippen LogP contribution in [0.1, 0.15) is 22.8 Å². The summed E-state index contributed by atoms with van der Waals surface area (Å²) in [6, 6.07) is 3.06. The van der Waals surface area contributed by atoms with Gasteiger partial charge in [-0.3, -0.25) is 0 Å². The number of oxazole rings is 1. The summed E-state index contributed by atoms with van der Waals surface area (Å²) < 4.78 is 32.4. The van der Waals surface area contributed by atoms with Crippen molar-refractivity contribution in [1.29, 1.82) is 0 Å². The van der Waals surface area contributed by atoms with Gasteiger partial charge in [0, 0.05) is 11.6 Å². The molecule has 3 N–H and O–H groups in total. The van der Waals surface area contributed by atoms with E-state index in [1.54, 1.807) is 19.9 Å². The number of nitrogens with one attached hydrogen (secondary N) is 1. The van der Waals surface area contributed by atoms with Gasteiger partial charge in [-0.05, 0) is 37.1 Å². The van der Waals surface area contributed by atoms with Crippen LogP contribution in [0.2, 0.25) is 5.02 Å². The summed E-state index contributed by atoms with van der Waals surface area (Å²) in [4.78, 5) is 4.06. The van der Waals surface area contributed by atoms with E-state index < -0.39 is 10.0 Å². The maximum absolute atomic E-state index is 12.4. The first-order valence-corrected chi connectivity index (χ1v) is 8.09. The topological polar surface area (TPSA) is 98.2 Å². The Bertz CT molecular complexity index is 756. The lowest BCUT2D eigenvalue weighted by Crippen LogP contribution is -2.24. The van der Waals surface area contributed by atoms with E-state index >= 15 is 0 Å². The third-order valence-corrected chi connectivity index (χ3v) is 4.77. The number of halogens is 1. The Hall–Kier alpha value is -1.41. The average Bonchev–Trinajstić information content (AvgIpc) is 2.84.